The van der Waals surface area contributed by atoms with Crippen molar-refractivity contribution >= 4 is 22.6 Å². The van der Waals surface area contributed by atoms with Crippen LogP contribution in [0.5, 0.6) is 5.88 Å². The maximum Gasteiger partial charge on any atom is 0.235 e. The van der Waals surface area contributed by atoms with E-state index in [1.807, 2.05) is 6.92 Å². The van der Waals surface area contributed by atoms with Gasteiger partial charge in [0, 0.05) is 6.61 Å². The second-order valence-corrected chi connectivity index (χ2v) is 6.57. The number of rotatable bonds is 5. The molecule has 5 nitrogen and oxygen atoms in total. The first-order chi connectivity index (χ1) is 9.67. The summed E-state index contributed by atoms with van der Waals surface area (Å²) in [4.78, 5) is 8.62. The molecule has 1 unspecified atom stereocenters. The van der Waals surface area contributed by atoms with Gasteiger partial charge in [0.1, 0.15) is 21.6 Å². The van der Waals surface area contributed by atoms with Crippen molar-refractivity contribution in [3.63, 3.8) is 0 Å². The van der Waals surface area contributed by atoms with Crippen molar-refractivity contribution in [2.45, 2.75) is 50.9 Å². The summed E-state index contributed by atoms with van der Waals surface area (Å²) < 4.78 is 18.4. The van der Waals surface area contributed by atoms with Gasteiger partial charge in [-0.1, -0.05) is 0 Å². The van der Waals surface area contributed by atoms with Crippen LogP contribution in [0.15, 0.2) is 6.20 Å². The molecule has 0 bridgehead atoms. The zero-order valence-electron chi connectivity index (χ0n) is 11.6. The Balaban J connectivity index is 1.54. The Labute approximate surface area is 132 Å². The van der Waals surface area contributed by atoms with Crippen molar-refractivity contribution in [3.8, 4) is 5.88 Å². The van der Waals surface area contributed by atoms with E-state index in [0.717, 1.165) is 41.7 Å². The fourth-order valence-electron chi connectivity index (χ4n) is 2.30. The van der Waals surface area contributed by atoms with Gasteiger partial charge in [-0.15, -0.1) is 0 Å². The molecule has 3 rings (SSSR count). The maximum absolute atomic E-state index is 6.08. The van der Waals surface area contributed by atoms with E-state index in [2.05, 4.69) is 32.6 Å². The SMILES string of the molecule is Cc1nc(I)cnc1OCC1(OC2CCCCO2)CC1. The summed E-state index contributed by atoms with van der Waals surface area (Å²) in [5.41, 5.74) is 0.653. The van der Waals surface area contributed by atoms with Gasteiger partial charge in [-0.3, -0.25) is 0 Å². The molecule has 6 heteroatoms. The van der Waals surface area contributed by atoms with E-state index < -0.39 is 0 Å². The van der Waals surface area contributed by atoms with E-state index in [1.165, 1.54) is 6.42 Å². The number of aryl methyl sites for hydroxylation is 1. The molecule has 0 spiro atoms. The van der Waals surface area contributed by atoms with Crippen LogP contribution in [0.2, 0.25) is 0 Å². The van der Waals surface area contributed by atoms with Crippen LogP contribution in [-0.4, -0.2) is 35.1 Å². The first-order valence-corrected chi connectivity index (χ1v) is 8.16. The molecule has 2 heterocycles. The monoisotopic (exact) mass is 390 g/mol. The number of hydrogen-bond acceptors (Lipinski definition) is 5. The molecule has 1 aromatic heterocycles. The molecule has 1 saturated heterocycles. The second-order valence-electron chi connectivity index (χ2n) is 5.47. The van der Waals surface area contributed by atoms with Crippen LogP contribution < -0.4 is 4.74 Å². The topological polar surface area (TPSA) is 53.5 Å². The van der Waals surface area contributed by atoms with Gasteiger partial charge in [-0.05, 0) is 61.6 Å². The lowest BCUT2D eigenvalue weighted by Gasteiger charge is -2.27. The van der Waals surface area contributed by atoms with Crippen molar-refractivity contribution in [1.29, 1.82) is 0 Å². The lowest BCUT2D eigenvalue weighted by atomic mass is 10.2. The number of ether oxygens (including phenoxy) is 3. The molecule has 2 fully saturated rings. The Bertz CT molecular complexity index is 473. The number of halogens is 1. The molecule has 110 valence electrons. The third-order valence-electron chi connectivity index (χ3n) is 3.67. The predicted octanol–water partition coefficient (Wildman–Crippen LogP) is 2.84. The summed E-state index contributed by atoms with van der Waals surface area (Å²) in [6, 6.07) is 0. The summed E-state index contributed by atoms with van der Waals surface area (Å²) >= 11 is 2.15. The molecule has 1 saturated carbocycles. The third-order valence-corrected chi connectivity index (χ3v) is 4.19. The summed E-state index contributed by atoms with van der Waals surface area (Å²) in [6.45, 7) is 3.25. The second kappa shape index (κ2) is 6.11. The fraction of sp³-hybridized carbons (Fsp3) is 0.714. The molecule has 1 atom stereocenters. The highest BCUT2D eigenvalue weighted by molar-refractivity contribution is 14.1. The first-order valence-electron chi connectivity index (χ1n) is 7.08. The van der Waals surface area contributed by atoms with Gasteiger partial charge >= 0.3 is 0 Å². The van der Waals surface area contributed by atoms with Crippen molar-refractivity contribution in [2.24, 2.45) is 0 Å². The zero-order valence-corrected chi connectivity index (χ0v) is 13.8. The highest BCUT2D eigenvalue weighted by Crippen LogP contribution is 2.42. The van der Waals surface area contributed by atoms with Gasteiger partial charge < -0.3 is 14.2 Å². The van der Waals surface area contributed by atoms with Crippen molar-refractivity contribution < 1.29 is 14.2 Å². The van der Waals surface area contributed by atoms with Gasteiger partial charge in [0.05, 0.1) is 6.20 Å². The Morgan fingerprint density at radius 3 is 2.95 bits per heavy atom. The lowest BCUT2D eigenvalue weighted by molar-refractivity contribution is -0.202. The molecule has 1 aromatic rings. The number of aromatic nitrogens is 2. The van der Waals surface area contributed by atoms with E-state index >= 15 is 0 Å². The molecular weight excluding hydrogens is 371 g/mol. The molecule has 0 N–H and O–H groups in total. The Hall–Kier alpha value is -0.470. The van der Waals surface area contributed by atoms with Crippen molar-refractivity contribution in [3.05, 3.63) is 15.6 Å². The minimum atomic E-state index is -0.168. The van der Waals surface area contributed by atoms with Crippen LogP contribution in [0.25, 0.3) is 0 Å². The van der Waals surface area contributed by atoms with Crippen LogP contribution in [0.4, 0.5) is 0 Å². The first kappa shape index (κ1) is 14.5. The zero-order chi connectivity index (χ0) is 14.0. The quantitative estimate of drug-likeness (QED) is 0.724. The van der Waals surface area contributed by atoms with E-state index in [1.54, 1.807) is 6.20 Å². The van der Waals surface area contributed by atoms with E-state index in [9.17, 15) is 0 Å². The van der Waals surface area contributed by atoms with Crippen LogP contribution in [0, 0.1) is 10.6 Å². The van der Waals surface area contributed by atoms with Crippen LogP contribution in [-0.2, 0) is 9.47 Å². The molecular formula is C14H19IN2O3. The van der Waals surface area contributed by atoms with Gasteiger partial charge in [0.2, 0.25) is 5.88 Å². The van der Waals surface area contributed by atoms with Crippen LogP contribution >= 0.6 is 22.6 Å². The number of nitrogens with zero attached hydrogens (tertiary/aromatic N) is 2. The fourth-order valence-corrected chi connectivity index (χ4v) is 2.80. The molecule has 2 aliphatic rings. The molecule has 0 aromatic carbocycles. The lowest BCUT2D eigenvalue weighted by Crippen LogP contribution is -2.33. The third kappa shape index (κ3) is 3.59. The largest absolute Gasteiger partial charge is 0.473 e. The molecule has 20 heavy (non-hydrogen) atoms. The van der Waals surface area contributed by atoms with Crippen molar-refractivity contribution in [1.82, 2.24) is 9.97 Å². The maximum atomic E-state index is 6.08. The summed E-state index contributed by atoms with van der Waals surface area (Å²) in [7, 11) is 0. The minimum Gasteiger partial charge on any atom is -0.473 e. The van der Waals surface area contributed by atoms with Crippen molar-refractivity contribution in [2.75, 3.05) is 13.2 Å². The van der Waals surface area contributed by atoms with Gasteiger partial charge in [-0.2, -0.15) is 0 Å². The summed E-state index contributed by atoms with van der Waals surface area (Å²) in [6.07, 6.45) is 7.04. The Kier molecular flexibility index (Phi) is 4.42. The highest BCUT2D eigenvalue weighted by Gasteiger charge is 2.47. The smallest absolute Gasteiger partial charge is 0.235 e. The normalized spacial score (nSPS) is 24.4. The number of hydrogen-bond donors (Lipinski definition) is 0. The standard InChI is InChI=1S/C14H19IN2O3/c1-10-13(16-8-11(15)17-10)19-9-14(5-6-14)20-12-4-2-3-7-18-12/h8,12H,2-7,9H2,1H3. The average Bonchev–Trinajstić information content (AvgIpc) is 3.19. The predicted molar refractivity (Wildman–Crippen MR) is 81.6 cm³/mol. The molecule has 0 radical (unpaired) electrons. The van der Waals surface area contributed by atoms with E-state index in [-0.39, 0.29) is 11.9 Å². The summed E-state index contributed by atoms with van der Waals surface area (Å²) in [5.74, 6) is 0.602. The van der Waals surface area contributed by atoms with Gasteiger partial charge in [0.25, 0.3) is 0 Å². The average molecular weight is 390 g/mol. The van der Waals surface area contributed by atoms with Gasteiger partial charge in [0.15, 0.2) is 6.29 Å². The summed E-state index contributed by atoms with van der Waals surface area (Å²) in [5, 5.41) is 0. The molecule has 1 aliphatic heterocycles. The van der Waals surface area contributed by atoms with E-state index in [4.69, 9.17) is 14.2 Å². The molecule has 0 amide bonds. The van der Waals surface area contributed by atoms with Gasteiger partial charge in [-0.25, -0.2) is 9.97 Å². The Morgan fingerprint density at radius 1 is 1.45 bits per heavy atom. The highest BCUT2D eigenvalue weighted by atomic mass is 127. The van der Waals surface area contributed by atoms with E-state index in [0.29, 0.717) is 12.5 Å². The minimum absolute atomic E-state index is 0.0567. The van der Waals surface area contributed by atoms with Crippen LogP contribution in [0.1, 0.15) is 37.8 Å². The molecule has 1 aliphatic carbocycles. The van der Waals surface area contributed by atoms with Crippen LogP contribution in [0.3, 0.4) is 0 Å². The Morgan fingerprint density at radius 2 is 2.30 bits per heavy atom.